The molecule has 0 spiro atoms. The molecule has 0 aliphatic carbocycles. The Morgan fingerprint density at radius 1 is 1.00 bits per heavy atom. The van der Waals surface area contributed by atoms with Crippen LogP contribution in [0, 0.1) is 17.5 Å². The fourth-order valence-electron chi connectivity index (χ4n) is 1.36. The van der Waals surface area contributed by atoms with Gasteiger partial charge in [0.15, 0.2) is 5.82 Å². The number of hydrogen-bond acceptors (Lipinski definition) is 2. The van der Waals surface area contributed by atoms with E-state index in [1.54, 1.807) is 6.07 Å². The van der Waals surface area contributed by atoms with Crippen LogP contribution in [0.1, 0.15) is 5.56 Å². The molecule has 1 N–H and O–H groups in total. The van der Waals surface area contributed by atoms with Gasteiger partial charge in [-0.15, -0.1) is 0 Å². The van der Waals surface area contributed by atoms with Crippen molar-refractivity contribution >= 4 is 27.8 Å². The second-order valence-corrected chi connectivity index (χ2v) is 4.58. The maximum Gasteiger partial charge on any atom is 0.151 e. The molecule has 0 aliphatic heterocycles. The van der Waals surface area contributed by atoms with Gasteiger partial charge in [-0.05, 0) is 30.3 Å². The quantitative estimate of drug-likeness (QED) is 0.658. The molecule has 0 heterocycles. The normalized spacial score (nSPS) is 10.9. The van der Waals surface area contributed by atoms with Crippen LogP contribution in [0.3, 0.4) is 0 Å². The molecule has 0 aromatic heterocycles. The van der Waals surface area contributed by atoms with Crippen LogP contribution >= 0.6 is 15.9 Å². The van der Waals surface area contributed by atoms with Gasteiger partial charge >= 0.3 is 0 Å². The van der Waals surface area contributed by atoms with Crippen molar-refractivity contribution in [1.29, 1.82) is 0 Å². The number of nitrogens with one attached hydrogen (secondary N) is 1. The standard InChI is InChI=1S/C13H8BrF3N2/c14-9-2-1-8(11(16)5-9)7-18-19-13-4-3-10(15)6-12(13)17/h1-7,19H/b18-7-. The Labute approximate surface area is 116 Å². The van der Waals surface area contributed by atoms with E-state index in [-0.39, 0.29) is 11.3 Å². The molecular formula is C13H8BrF3N2. The molecule has 0 amide bonds. The molecule has 0 fully saturated rings. The van der Waals surface area contributed by atoms with E-state index in [1.165, 1.54) is 24.4 Å². The van der Waals surface area contributed by atoms with Crippen molar-refractivity contribution in [1.82, 2.24) is 0 Å². The summed E-state index contributed by atoms with van der Waals surface area (Å²) in [6.07, 6.45) is 1.21. The smallest absolute Gasteiger partial charge is 0.151 e. The third-order valence-electron chi connectivity index (χ3n) is 2.28. The highest BCUT2D eigenvalue weighted by atomic mass is 79.9. The van der Waals surface area contributed by atoms with Gasteiger partial charge in [-0.3, -0.25) is 5.43 Å². The Morgan fingerprint density at radius 2 is 1.79 bits per heavy atom. The van der Waals surface area contributed by atoms with E-state index in [2.05, 4.69) is 26.5 Å². The molecule has 19 heavy (non-hydrogen) atoms. The van der Waals surface area contributed by atoms with E-state index in [0.717, 1.165) is 12.1 Å². The molecule has 0 aliphatic rings. The predicted octanol–water partition coefficient (Wildman–Crippen LogP) is 4.31. The minimum Gasteiger partial charge on any atom is -0.276 e. The molecule has 6 heteroatoms. The molecule has 0 unspecified atom stereocenters. The van der Waals surface area contributed by atoms with Gasteiger partial charge in [0.25, 0.3) is 0 Å². The summed E-state index contributed by atoms with van der Waals surface area (Å²) in [5.74, 6) is -1.90. The van der Waals surface area contributed by atoms with Crippen LogP contribution in [-0.4, -0.2) is 6.21 Å². The van der Waals surface area contributed by atoms with Crippen LogP contribution < -0.4 is 5.43 Å². The van der Waals surface area contributed by atoms with Gasteiger partial charge < -0.3 is 0 Å². The van der Waals surface area contributed by atoms with Gasteiger partial charge in [-0.25, -0.2) is 13.2 Å². The first kappa shape index (κ1) is 13.6. The molecule has 98 valence electrons. The van der Waals surface area contributed by atoms with E-state index >= 15 is 0 Å². The van der Waals surface area contributed by atoms with Gasteiger partial charge in [0.05, 0.1) is 11.9 Å². The first-order valence-electron chi connectivity index (χ1n) is 5.25. The highest BCUT2D eigenvalue weighted by Crippen LogP contribution is 2.16. The van der Waals surface area contributed by atoms with Crippen molar-refractivity contribution in [2.45, 2.75) is 0 Å². The average molecular weight is 329 g/mol. The zero-order valence-corrected chi connectivity index (χ0v) is 11.1. The molecular weight excluding hydrogens is 321 g/mol. The molecule has 2 aromatic carbocycles. The van der Waals surface area contributed by atoms with Gasteiger partial charge in [0, 0.05) is 16.1 Å². The minimum absolute atomic E-state index is 0.00942. The van der Waals surface area contributed by atoms with Crippen LogP contribution in [0.25, 0.3) is 0 Å². The van der Waals surface area contributed by atoms with Gasteiger partial charge in [0.2, 0.25) is 0 Å². The number of halogens is 4. The first-order valence-corrected chi connectivity index (χ1v) is 6.05. The lowest BCUT2D eigenvalue weighted by molar-refractivity contribution is 0.585. The van der Waals surface area contributed by atoms with Gasteiger partial charge in [-0.2, -0.15) is 5.10 Å². The van der Waals surface area contributed by atoms with Crippen molar-refractivity contribution in [3.8, 4) is 0 Å². The lowest BCUT2D eigenvalue weighted by Crippen LogP contribution is -1.95. The second kappa shape index (κ2) is 5.88. The van der Waals surface area contributed by atoms with Crippen LogP contribution in [0.2, 0.25) is 0 Å². The van der Waals surface area contributed by atoms with E-state index in [0.29, 0.717) is 4.47 Å². The lowest BCUT2D eigenvalue weighted by atomic mass is 10.2. The Hall–Kier alpha value is -1.82. The largest absolute Gasteiger partial charge is 0.276 e. The fourth-order valence-corrected chi connectivity index (χ4v) is 1.69. The number of hydrazone groups is 1. The summed E-state index contributed by atoms with van der Waals surface area (Å²) in [7, 11) is 0. The summed E-state index contributed by atoms with van der Waals surface area (Å²) in [6.45, 7) is 0. The summed E-state index contributed by atoms with van der Waals surface area (Å²) >= 11 is 3.13. The first-order chi connectivity index (χ1) is 9.06. The third kappa shape index (κ3) is 3.57. The number of nitrogens with zero attached hydrogens (tertiary/aromatic N) is 1. The monoisotopic (exact) mass is 328 g/mol. The van der Waals surface area contributed by atoms with E-state index < -0.39 is 17.5 Å². The number of hydrogen-bond donors (Lipinski definition) is 1. The van der Waals surface area contributed by atoms with Crippen molar-refractivity contribution in [3.05, 3.63) is 63.9 Å². The topological polar surface area (TPSA) is 24.4 Å². The molecule has 0 saturated carbocycles. The van der Waals surface area contributed by atoms with Crippen molar-refractivity contribution in [3.63, 3.8) is 0 Å². The van der Waals surface area contributed by atoms with E-state index in [9.17, 15) is 13.2 Å². The number of rotatable bonds is 3. The summed E-state index contributed by atoms with van der Waals surface area (Å²) in [6, 6.07) is 7.51. The summed E-state index contributed by atoms with van der Waals surface area (Å²) in [4.78, 5) is 0. The summed E-state index contributed by atoms with van der Waals surface area (Å²) < 4.78 is 40.0. The SMILES string of the molecule is Fc1ccc(N/N=C\c2ccc(Br)cc2F)c(F)c1. The Bertz CT molecular complexity index is 629. The van der Waals surface area contributed by atoms with Crippen LogP contribution in [0.15, 0.2) is 46.0 Å². The van der Waals surface area contributed by atoms with E-state index in [1.807, 2.05) is 0 Å². The molecule has 0 radical (unpaired) electrons. The Morgan fingerprint density at radius 3 is 2.47 bits per heavy atom. The maximum absolute atomic E-state index is 13.4. The summed E-state index contributed by atoms with van der Waals surface area (Å²) in [5, 5.41) is 3.70. The van der Waals surface area contributed by atoms with Crippen molar-refractivity contribution in [2.24, 2.45) is 5.10 Å². The summed E-state index contributed by atoms with van der Waals surface area (Å²) in [5.41, 5.74) is 2.64. The van der Waals surface area contributed by atoms with Crippen molar-refractivity contribution in [2.75, 3.05) is 5.43 Å². The molecule has 0 atom stereocenters. The molecule has 0 saturated heterocycles. The Kier molecular flexibility index (Phi) is 4.21. The highest BCUT2D eigenvalue weighted by molar-refractivity contribution is 9.10. The fraction of sp³-hybridized carbons (Fsp3) is 0. The number of benzene rings is 2. The second-order valence-electron chi connectivity index (χ2n) is 3.66. The third-order valence-corrected chi connectivity index (χ3v) is 2.78. The Balaban J connectivity index is 2.11. The van der Waals surface area contributed by atoms with Crippen LogP contribution in [0.4, 0.5) is 18.9 Å². The minimum atomic E-state index is -0.770. The van der Waals surface area contributed by atoms with Gasteiger partial charge in [0.1, 0.15) is 11.6 Å². The highest BCUT2D eigenvalue weighted by Gasteiger charge is 2.02. The lowest BCUT2D eigenvalue weighted by Gasteiger charge is -2.02. The molecule has 2 rings (SSSR count). The van der Waals surface area contributed by atoms with Crippen LogP contribution in [0.5, 0.6) is 0 Å². The average Bonchev–Trinajstić information content (AvgIpc) is 2.34. The maximum atomic E-state index is 13.4. The zero-order valence-electron chi connectivity index (χ0n) is 9.50. The molecule has 2 nitrogen and oxygen atoms in total. The van der Waals surface area contributed by atoms with Crippen molar-refractivity contribution < 1.29 is 13.2 Å². The number of anilines is 1. The predicted molar refractivity (Wildman–Crippen MR) is 71.7 cm³/mol. The molecule has 0 bridgehead atoms. The molecule has 2 aromatic rings. The zero-order chi connectivity index (χ0) is 13.8. The van der Waals surface area contributed by atoms with E-state index in [4.69, 9.17) is 0 Å². The van der Waals surface area contributed by atoms with Crippen LogP contribution in [-0.2, 0) is 0 Å². The van der Waals surface area contributed by atoms with Gasteiger partial charge in [-0.1, -0.05) is 15.9 Å².